The number of hydrogen-bond acceptors (Lipinski definition) is 2. The number of aromatic amines is 1. The Morgan fingerprint density at radius 1 is 1.12 bits per heavy atom. The number of carbonyl (C=O) groups excluding carboxylic acids is 1. The highest BCUT2D eigenvalue weighted by Crippen LogP contribution is 2.28. The molecule has 2 aromatic carbocycles. The summed E-state index contributed by atoms with van der Waals surface area (Å²) >= 11 is 0. The monoisotopic (exact) mass is 318 g/mol. The molecule has 1 N–H and O–H groups in total. The molecule has 24 heavy (non-hydrogen) atoms. The SMILES string of the molecule is O=C(Oc1ccccc1)N1C=CC[C@@H](c2ccc3cc[nH]c3c2)C1. The van der Waals surface area contributed by atoms with Crippen molar-refractivity contribution in [3.8, 4) is 5.75 Å². The van der Waals surface area contributed by atoms with Gasteiger partial charge < -0.3 is 9.72 Å². The Morgan fingerprint density at radius 3 is 2.88 bits per heavy atom. The van der Waals surface area contributed by atoms with Gasteiger partial charge in [-0.2, -0.15) is 0 Å². The molecule has 1 amide bonds. The normalized spacial score (nSPS) is 17.2. The predicted octanol–water partition coefficient (Wildman–Crippen LogP) is 4.67. The minimum atomic E-state index is -0.344. The highest BCUT2D eigenvalue weighted by molar-refractivity contribution is 5.80. The molecule has 1 atom stereocenters. The van der Waals surface area contributed by atoms with Gasteiger partial charge >= 0.3 is 6.09 Å². The lowest BCUT2D eigenvalue weighted by Crippen LogP contribution is -2.34. The minimum Gasteiger partial charge on any atom is -0.410 e. The van der Waals surface area contributed by atoms with Crippen molar-refractivity contribution in [2.24, 2.45) is 0 Å². The summed E-state index contributed by atoms with van der Waals surface area (Å²) in [6, 6.07) is 17.6. The predicted molar refractivity (Wildman–Crippen MR) is 94.0 cm³/mol. The summed E-state index contributed by atoms with van der Waals surface area (Å²) in [6.07, 6.45) is 6.36. The Hall–Kier alpha value is -3.01. The fraction of sp³-hybridized carbons (Fsp3) is 0.150. The number of para-hydroxylation sites is 1. The van der Waals surface area contributed by atoms with Crippen LogP contribution in [-0.4, -0.2) is 22.5 Å². The van der Waals surface area contributed by atoms with E-state index in [0.717, 1.165) is 11.9 Å². The Kier molecular flexibility index (Phi) is 3.79. The van der Waals surface area contributed by atoms with Crippen molar-refractivity contribution in [2.45, 2.75) is 12.3 Å². The average Bonchev–Trinajstić information content (AvgIpc) is 3.10. The number of aromatic nitrogens is 1. The maximum Gasteiger partial charge on any atom is 0.419 e. The highest BCUT2D eigenvalue weighted by atomic mass is 16.6. The summed E-state index contributed by atoms with van der Waals surface area (Å²) in [5.41, 5.74) is 2.35. The third-order valence-corrected chi connectivity index (χ3v) is 4.36. The van der Waals surface area contributed by atoms with E-state index in [-0.39, 0.29) is 12.0 Å². The van der Waals surface area contributed by atoms with Crippen LogP contribution < -0.4 is 4.74 Å². The molecule has 0 radical (unpaired) electrons. The van der Waals surface area contributed by atoms with Gasteiger partial charge in [0.2, 0.25) is 0 Å². The molecule has 3 aromatic rings. The number of hydrogen-bond donors (Lipinski definition) is 1. The smallest absolute Gasteiger partial charge is 0.410 e. The van der Waals surface area contributed by atoms with Crippen LogP contribution in [0.4, 0.5) is 4.79 Å². The van der Waals surface area contributed by atoms with E-state index in [1.165, 1.54) is 10.9 Å². The van der Waals surface area contributed by atoms with Gasteiger partial charge in [0.05, 0.1) is 0 Å². The number of nitrogens with zero attached hydrogens (tertiary/aromatic N) is 1. The van der Waals surface area contributed by atoms with E-state index in [9.17, 15) is 4.79 Å². The number of carbonyl (C=O) groups is 1. The van der Waals surface area contributed by atoms with Crippen LogP contribution in [0, 0.1) is 0 Å². The van der Waals surface area contributed by atoms with E-state index >= 15 is 0 Å². The van der Waals surface area contributed by atoms with Gasteiger partial charge in [0.1, 0.15) is 5.75 Å². The van der Waals surface area contributed by atoms with Gasteiger partial charge in [-0.1, -0.05) is 36.4 Å². The summed E-state index contributed by atoms with van der Waals surface area (Å²) < 4.78 is 5.43. The molecule has 4 nitrogen and oxygen atoms in total. The summed E-state index contributed by atoms with van der Waals surface area (Å²) in [4.78, 5) is 17.2. The van der Waals surface area contributed by atoms with E-state index in [1.54, 1.807) is 17.0 Å². The standard InChI is InChI=1S/C20H18N2O2/c23-20(24-18-6-2-1-3-7-18)22-12-4-5-17(14-22)16-9-8-15-10-11-21-19(15)13-16/h1-4,6-13,17,21H,5,14H2/t17-/m1/s1. The topological polar surface area (TPSA) is 45.3 Å². The van der Waals surface area contributed by atoms with Gasteiger partial charge in [-0.3, -0.25) is 4.90 Å². The van der Waals surface area contributed by atoms with Crippen LogP contribution in [0.3, 0.4) is 0 Å². The zero-order valence-corrected chi connectivity index (χ0v) is 13.2. The first-order valence-electron chi connectivity index (χ1n) is 8.07. The van der Waals surface area contributed by atoms with E-state index in [1.807, 2.05) is 36.7 Å². The maximum atomic E-state index is 12.4. The van der Waals surface area contributed by atoms with Crippen molar-refractivity contribution in [1.82, 2.24) is 9.88 Å². The van der Waals surface area contributed by atoms with E-state index < -0.39 is 0 Å². The Morgan fingerprint density at radius 2 is 2.00 bits per heavy atom. The van der Waals surface area contributed by atoms with E-state index in [2.05, 4.69) is 29.2 Å². The first kappa shape index (κ1) is 14.6. The van der Waals surface area contributed by atoms with Crippen molar-refractivity contribution < 1.29 is 9.53 Å². The van der Waals surface area contributed by atoms with Gasteiger partial charge in [-0.05, 0) is 41.6 Å². The van der Waals surface area contributed by atoms with Crippen molar-refractivity contribution in [3.63, 3.8) is 0 Å². The summed E-state index contributed by atoms with van der Waals surface area (Å²) in [5, 5.41) is 1.20. The Bertz CT molecular complexity index is 883. The molecule has 0 saturated heterocycles. The maximum absolute atomic E-state index is 12.4. The largest absolute Gasteiger partial charge is 0.419 e. The van der Waals surface area contributed by atoms with E-state index in [0.29, 0.717) is 12.3 Å². The quantitative estimate of drug-likeness (QED) is 0.746. The molecule has 2 heterocycles. The van der Waals surface area contributed by atoms with Gasteiger partial charge in [-0.25, -0.2) is 4.79 Å². The molecule has 0 saturated carbocycles. The number of amides is 1. The summed E-state index contributed by atoms with van der Waals surface area (Å²) in [5.74, 6) is 0.830. The molecule has 0 bridgehead atoms. The van der Waals surface area contributed by atoms with E-state index in [4.69, 9.17) is 4.74 Å². The lowest BCUT2D eigenvalue weighted by molar-refractivity contribution is 0.165. The number of fused-ring (bicyclic) bond motifs is 1. The number of nitrogens with one attached hydrogen (secondary N) is 1. The number of rotatable bonds is 2. The molecular weight excluding hydrogens is 300 g/mol. The number of H-pyrrole nitrogens is 1. The van der Waals surface area contributed by atoms with Crippen molar-refractivity contribution in [2.75, 3.05) is 6.54 Å². The Balaban J connectivity index is 1.49. The first-order chi connectivity index (χ1) is 11.8. The van der Waals surface area contributed by atoms with Crippen molar-refractivity contribution in [3.05, 3.63) is 78.6 Å². The zero-order valence-electron chi connectivity index (χ0n) is 13.2. The molecule has 1 aromatic heterocycles. The summed E-state index contributed by atoms with van der Waals surface area (Å²) in [6.45, 7) is 0.619. The first-order valence-corrected chi connectivity index (χ1v) is 8.07. The van der Waals surface area contributed by atoms with Crippen LogP contribution in [-0.2, 0) is 0 Å². The van der Waals surface area contributed by atoms with Crippen LogP contribution in [0.25, 0.3) is 10.9 Å². The minimum absolute atomic E-state index is 0.269. The molecule has 1 aliphatic heterocycles. The molecule has 0 unspecified atom stereocenters. The van der Waals surface area contributed by atoms with Gasteiger partial charge in [0.15, 0.2) is 0 Å². The number of benzene rings is 2. The third-order valence-electron chi connectivity index (χ3n) is 4.36. The Labute approximate surface area is 140 Å². The highest BCUT2D eigenvalue weighted by Gasteiger charge is 2.23. The molecule has 0 fully saturated rings. The second-order valence-corrected chi connectivity index (χ2v) is 5.98. The van der Waals surface area contributed by atoms with Crippen molar-refractivity contribution >= 4 is 17.0 Å². The second kappa shape index (κ2) is 6.24. The molecule has 0 aliphatic carbocycles. The number of ether oxygens (including phenoxy) is 1. The zero-order chi connectivity index (χ0) is 16.4. The average molecular weight is 318 g/mol. The molecule has 0 spiro atoms. The van der Waals surface area contributed by atoms with Gasteiger partial charge in [0, 0.05) is 30.4 Å². The van der Waals surface area contributed by atoms with Crippen LogP contribution in [0.5, 0.6) is 5.75 Å². The van der Waals surface area contributed by atoms with Crippen LogP contribution in [0.2, 0.25) is 0 Å². The van der Waals surface area contributed by atoms with Gasteiger partial charge in [-0.15, -0.1) is 0 Å². The van der Waals surface area contributed by atoms with Gasteiger partial charge in [0.25, 0.3) is 0 Å². The lowest BCUT2D eigenvalue weighted by Gasteiger charge is -2.27. The molecule has 1 aliphatic rings. The fourth-order valence-electron chi connectivity index (χ4n) is 3.07. The molecule has 4 rings (SSSR count). The third kappa shape index (κ3) is 2.91. The molecule has 120 valence electrons. The second-order valence-electron chi connectivity index (χ2n) is 5.98. The molecular formula is C20H18N2O2. The van der Waals surface area contributed by atoms with Crippen LogP contribution in [0.1, 0.15) is 17.9 Å². The van der Waals surface area contributed by atoms with Crippen LogP contribution >= 0.6 is 0 Å². The summed E-state index contributed by atoms with van der Waals surface area (Å²) in [7, 11) is 0. The molecule has 4 heteroatoms. The fourth-order valence-corrected chi connectivity index (χ4v) is 3.07. The van der Waals surface area contributed by atoms with Crippen LogP contribution in [0.15, 0.2) is 73.1 Å². The lowest BCUT2D eigenvalue weighted by atomic mass is 9.93. The van der Waals surface area contributed by atoms with Crippen molar-refractivity contribution in [1.29, 1.82) is 0 Å². The number of allylic oxidation sites excluding steroid dienone is 1.